The van der Waals surface area contributed by atoms with Crippen molar-refractivity contribution in [3.8, 4) is 12.1 Å². The maximum Gasteiger partial charge on any atom is 0.134 e. The highest BCUT2D eigenvalue weighted by Gasteiger charge is 2.06. The van der Waals surface area contributed by atoms with Crippen LogP contribution >= 0.6 is 23.2 Å². The minimum atomic E-state index is -0.628. The second-order valence-electron chi connectivity index (χ2n) is 2.88. The van der Waals surface area contributed by atoms with Gasteiger partial charge in [-0.05, 0) is 12.1 Å². The average molecular weight is 255 g/mol. The molecule has 0 spiro atoms. The standard InChI is InChI=1S/C10H8Cl2N4/c11-7(4-13)6-15-16-10-3-1-2-9(12)8(10)5-14/h1-3,7,15-16H,6H2. The summed E-state index contributed by atoms with van der Waals surface area (Å²) in [5, 5.41) is 17.1. The second-order valence-corrected chi connectivity index (χ2v) is 3.81. The van der Waals surface area contributed by atoms with Gasteiger partial charge in [-0.3, -0.25) is 0 Å². The molecule has 0 heterocycles. The molecule has 16 heavy (non-hydrogen) atoms. The number of nitrogens with zero attached hydrogens (tertiary/aromatic N) is 2. The lowest BCUT2D eigenvalue weighted by Crippen LogP contribution is -2.28. The van der Waals surface area contributed by atoms with Gasteiger partial charge in [0.15, 0.2) is 0 Å². The van der Waals surface area contributed by atoms with Crippen molar-refractivity contribution in [3.05, 3.63) is 28.8 Å². The summed E-state index contributed by atoms with van der Waals surface area (Å²) in [6.07, 6.45) is 0. The van der Waals surface area contributed by atoms with Crippen molar-refractivity contribution in [1.82, 2.24) is 5.43 Å². The Morgan fingerprint density at radius 2 is 2.12 bits per heavy atom. The lowest BCUT2D eigenvalue weighted by atomic mass is 10.2. The fraction of sp³-hybridized carbons (Fsp3) is 0.200. The third-order valence-electron chi connectivity index (χ3n) is 1.77. The van der Waals surface area contributed by atoms with Crippen molar-refractivity contribution >= 4 is 28.9 Å². The van der Waals surface area contributed by atoms with Gasteiger partial charge < -0.3 is 5.43 Å². The topological polar surface area (TPSA) is 71.6 Å². The van der Waals surface area contributed by atoms with Crippen LogP contribution in [-0.2, 0) is 0 Å². The minimum absolute atomic E-state index is 0.259. The van der Waals surface area contributed by atoms with E-state index in [4.69, 9.17) is 33.7 Å². The first-order chi connectivity index (χ1) is 7.69. The van der Waals surface area contributed by atoms with E-state index in [1.807, 2.05) is 12.1 Å². The lowest BCUT2D eigenvalue weighted by molar-refractivity contribution is 0.803. The molecule has 0 aliphatic rings. The van der Waals surface area contributed by atoms with Gasteiger partial charge in [-0.2, -0.15) is 10.5 Å². The summed E-state index contributed by atoms with van der Waals surface area (Å²) in [4.78, 5) is 0. The summed E-state index contributed by atoms with van der Waals surface area (Å²) in [6.45, 7) is 0.259. The van der Waals surface area contributed by atoms with Crippen molar-refractivity contribution in [1.29, 1.82) is 10.5 Å². The molecular weight excluding hydrogens is 247 g/mol. The Morgan fingerprint density at radius 1 is 1.38 bits per heavy atom. The molecule has 0 aliphatic carbocycles. The summed E-state index contributed by atoms with van der Waals surface area (Å²) in [5.41, 5.74) is 6.42. The molecule has 2 N–H and O–H groups in total. The predicted octanol–water partition coefficient (Wildman–Crippen LogP) is 2.26. The zero-order valence-electron chi connectivity index (χ0n) is 8.17. The lowest BCUT2D eigenvalue weighted by Gasteiger charge is -2.10. The van der Waals surface area contributed by atoms with Crippen LogP contribution in [0.2, 0.25) is 5.02 Å². The van der Waals surface area contributed by atoms with E-state index in [0.717, 1.165) is 0 Å². The molecule has 0 aromatic heterocycles. The Labute approximate surface area is 103 Å². The molecule has 1 unspecified atom stereocenters. The molecule has 1 rings (SSSR count). The van der Waals surface area contributed by atoms with Gasteiger partial charge in [0.25, 0.3) is 0 Å². The van der Waals surface area contributed by atoms with Crippen molar-refractivity contribution in [2.45, 2.75) is 5.38 Å². The first kappa shape index (κ1) is 12.6. The highest BCUT2D eigenvalue weighted by Crippen LogP contribution is 2.22. The largest absolute Gasteiger partial charge is 0.320 e. The average Bonchev–Trinajstić information content (AvgIpc) is 2.29. The number of hydrazine groups is 1. The predicted molar refractivity (Wildman–Crippen MR) is 63.0 cm³/mol. The van der Waals surface area contributed by atoms with Crippen molar-refractivity contribution in [2.24, 2.45) is 0 Å². The van der Waals surface area contributed by atoms with E-state index in [1.54, 1.807) is 18.2 Å². The first-order valence-corrected chi connectivity index (χ1v) is 5.21. The Balaban J connectivity index is 2.65. The highest BCUT2D eigenvalue weighted by molar-refractivity contribution is 6.32. The van der Waals surface area contributed by atoms with Gasteiger partial charge in [-0.25, -0.2) is 5.43 Å². The van der Waals surface area contributed by atoms with Gasteiger partial charge in [0, 0.05) is 6.54 Å². The Kier molecular flexibility index (Phi) is 4.88. The van der Waals surface area contributed by atoms with Crippen LogP contribution in [-0.4, -0.2) is 11.9 Å². The molecule has 6 heteroatoms. The molecule has 82 valence electrons. The fourth-order valence-electron chi connectivity index (χ4n) is 1.02. The number of nitrogens with one attached hydrogen (secondary N) is 2. The molecule has 0 fully saturated rings. The highest BCUT2D eigenvalue weighted by atomic mass is 35.5. The molecular formula is C10H8Cl2N4. The number of hydrogen-bond donors (Lipinski definition) is 2. The molecule has 0 amide bonds. The number of benzene rings is 1. The third-order valence-corrected chi connectivity index (χ3v) is 2.34. The van der Waals surface area contributed by atoms with Crippen LogP contribution in [0.5, 0.6) is 0 Å². The summed E-state index contributed by atoms with van der Waals surface area (Å²) in [6, 6.07) is 8.90. The van der Waals surface area contributed by atoms with Crippen LogP contribution in [0.1, 0.15) is 5.56 Å². The van der Waals surface area contributed by atoms with E-state index in [-0.39, 0.29) is 6.54 Å². The first-order valence-electron chi connectivity index (χ1n) is 4.40. The van der Waals surface area contributed by atoms with Crippen LogP contribution in [0.3, 0.4) is 0 Å². The Morgan fingerprint density at radius 3 is 2.75 bits per heavy atom. The van der Waals surface area contributed by atoms with Gasteiger partial charge in [-0.1, -0.05) is 17.7 Å². The minimum Gasteiger partial charge on any atom is -0.320 e. The summed E-state index contributed by atoms with van der Waals surface area (Å²) >= 11 is 11.4. The molecule has 0 saturated carbocycles. The van der Waals surface area contributed by atoms with Crippen LogP contribution in [0.4, 0.5) is 5.69 Å². The van der Waals surface area contributed by atoms with Gasteiger partial charge in [0.2, 0.25) is 0 Å². The van der Waals surface area contributed by atoms with Crippen LogP contribution < -0.4 is 10.9 Å². The van der Waals surface area contributed by atoms with Crippen molar-refractivity contribution < 1.29 is 0 Å². The van der Waals surface area contributed by atoms with Crippen molar-refractivity contribution in [2.75, 3.05) is 12.0 Å². The monoisotopic (exact) mass is 254 g/mol. The number of alkyl halides is 1. The van der Waals surface area contributed by atoms with Crippen LogP contribution in [0.15, 0.2) is 18.2 Å². The zero-order chi connectivity index (χ0) is 12.0. The Hall–Kier alpha value is -1.46. The molecule has 4 nitrogen and oxygen atoms in total. The van der Waals surface area contributed by atoms with Crippen LogP contribution in [0.25, 0.3) is 0 Å². The number of anilines is 1. The van der Waals surface area contributed by atoms with E-state index in [0.29, 0.717) is 16.3 Å². The summed E-state index contributed by atoms with van der Waals surface area (Å²) in [5.74, 6) is 0. The molecule has 0 saturated heterocycles. The fourth-order valence-corrected chi connectivity index (χ4v) is 1.32. The third kappa shape index (κ3) is 3.29. The maximum absolute atomic E-state index is 8.87. The Bertz CT molecular complexity index is 447. The zero-order valence-corrected chi connectivity index (χ0v) is 9.68. The summed E-state index contributed by atoms with van der Waals surface area (Å²) in [7, 11) is 0. The number of halogens is 2. The van der Waals surface area contributed by atoms with E-state index >= 15 is 0 Å². The second kappa shape index (κ2) is 6.19. The smallest absolute Gasteiger partial charge is 0.134 e. The normalized spacial score (nSPS) is 11.2. The quantitative estimate of drug-likeness (QED) is 0.639. The number of rotatable bonds is 4. The molecule has 0 aliphatic heterocycles. The number of hydrogen-bond acceptors (Lipinski definition) is 4. The van der Waals surface area contributed by atoms with Crippen LogP contribution in [0, 0.1) is 22.7 Å². The number of nitriles is 2. The van der Waals surface area contributed by atoms with E-state index in [9.17, 15) is 0 Å². The maximum atomic E-state index is 8.87. The van der Waals surface area contributed by atoms with Gasteiger partial charge in [0.1, 0.15) is 11.4 Å². The molecule has 0 radical (unpaired) electrons. The summed E-state index contributed by atoms with van der Waals surface area (Å²) < 4.78 is 0. The SMILES string of the molecule is N#Cc1c(Cl)cccc1NNCC(Cl)C#N. The molecule has 1 atom stereocenters. The molecule has 1 aromatic carbocycles. The van der Waals surface area contributed by atoms with E-state index < -0.39 is 5.38 Å². The molecule has 0 bridgehead atoms. The van der Waals surface area contributed by atoms with Gasteiger partial charge in [0.05, 0.1) is 22.3 Å². The molecule has 1 aromatic rings. The van der Waals surface area contributed by atoms with E-state index in [1.165, 1.54) is 0 Å². The van der Waals surface area contributed by atoms with E-state index in [2.05, 4.69) is 10.9 Å². The van der Waals surface area contributed by atoms with Crippen molar-refractivity contribution in [3.63, 3.8) is 0 Å². The van der Waals surface area contributed by atoms with Gasteiger partial charge >= 0.3 is 0 Å². The van der Waals surface area contributed by atoms with Gasteiger partial charge in [-0.15, -0.1) is 11.6 Å².